The molecule has 1 amide bonds. The predicted octanol–water partition coefficient (Wildman–Crippen LogP) is 4.10. The number of carbonyl (C=O) groups excluding carboxylic acids is 2. The van der Waals surface area contributed by atoms with Gasteiger partial charge in [0.05, 0.1) is 0 Å². The van der Waals surface area contributed by atoms with Gasteiger partial charge in [-0.3, -0.25) is 0 Å². The number of para-hydroxylation sites is 1. The van der Waals surface area contributed by atoms with Crippen molar-refractivity contribution in [3.8, 4) is 5.75 Å². The van der Waals surface area contributed by atoms with E-state index in [4.69, 9.17) is 18.9 Å². The quantitative estimate of drug-likeness (QED) is 0.697. The van der Waals surface area contributed by atoms with Crippen molar-refractivity contribution in [1.29, 1.82) is 0 Å². The number of esters is 1. The minimum atomic E-state index is -0.749. The fourth-order valence-electron chi connectivity index (χ4n) is 3.59. The molecule has 4 unspecified atom stereocenters. The number of ether oxygens (including phenoxy) is 4. The van der Waals surface area contributed by atoms with Crippen molar-refractivity contribution >= 4 is 12.1 Å². The summed E-state index contributed by atoms with van der Waals surface area (Å²) >= 11 is 0. The lowest BCUT2D eigenvalue weighted by molar-refractivity contribution is -0.156. The van der Waals surface area contributed by atoms with Crippen molar-refractivity contribution in [2.45, 2.75) is 77.2 Å². The van der Waals surface area contributed by atoms with Gasteiger partial charge in [-0.1, -0.05) is 24.6 Å². The second kappa shape index (κ2) is 11.2. The normalized spacial score (nSPS) is 25.3. The van der Waals surface area contributed by atoms with Crippen LogP contribution in [0.2, 0.25) is 0 Å². The zero-order chi connectivity index (χ0) is 22.1. The molecular formula is C23H35NO6. The first-order chi connectivity index (χ1) is 14.2. The number of hydrogen-bond donors (Lipinski definition) is 1. The van der Waals surface area contributed by atoms with E-state index in [1.165, 1.54) is 0 Å². The molecule has 1 N–H and O–H groups in total. The summed E-state index contributed by atoms with van der Waals surface area (Å²) in [6.07, 6.45) is 1.42. The van der Waals surface area contributed by atoms with E-state index in [2.05, 4.69) is 5.32 Å². The van der Waals surface area contributed by atoms with Gasteiger partial charge in [0, 0.05) is 19.6 Å². The molecule has 0 aliphatic carbocycles. The lowest BCUT2D eigenvalue weighted by Crippen LogP contribution is -2.46. The van der Waals surface area contributed by atoms with Crippen LogP contribution in [0.15, 0.2) is 30.3 Å². The van der Waals surface area contributed by atoms with Crippen molar-refractivity contribution in [2.24, 2.45) is 5.92 Å². The molecule has 30 heavy (non-hydrogen) atoms. The number of methoxy groups -OCH3 is 1. The molecule has 2 rings (SSSR count). The Bertz CT molecular complexity index is 672. The number of rotatable bonds is 6. The number of nitrogens with one attached hydrogen (secondary N) is 1. The lowest BCUT2D eigenvalue weighted by atomic mass is 9.89. The molecule has 0 bridgehead atoms. The molecule has 7 heteroatoms. The molecule has 0 aromatic heterocycles. The fourth-order valence-corrected chi connectivity index (χ4v) is 3.59. The second-order valence-electron chi connectivity index (χ2n) is 8.71. The summed E-state index contributed by atoms with van der Waals surface area (Å²) in [5.74, 6) is 0.408. The predicted molar refractivity (Wildman–Crippen MR) is 113 cm³/mol. The number of amides is 1. The summed E-state index contributed by atoms with van der Waals surface area (Å²) < 4.78 is 22.6. The highest BCUT2D eigenvalue weighted by Gasteiger charge is 2.36. The van der Waals surface area contributed by atoms with Crippen molar-refractivity contribution in [3.05, 3.63) is 30.3 Å². The third kappa shape index (κ3) is 7.86. The summed E-state index contributed by atoms with van der Waals surface area (Å²) in [5.41, 5.74) is -0.639. The minimum Gasteiger partial charge on any atom is -0.486 e. The zero-order valence-corrected chi connectivity index (χ0v) is 18.7. The molecule has 1 aromatic carbocycles. The van der Waals surface area contributed by atoms with Gasteiger partial charge in [-0.2, -0.15) is 0 Å². The zero-order valence-electron chi connectivity index (χ0n) is 18.7. The maximum absolute atomic E-state index is 12.8. The van der Waals surface area contributed by atoms with E-state index in [-0.39, 0.29) is 12.0 Å². The number of alkyl carbamates (subject to hydrolysis) is 1. The Morgan fingerprint density at radius 2 is 1.90 bits per heavy atom. The molecule has 0 saturated carbocycles. The van der Waals surface area contributed by atoms with E-state index >= 15 is 0 Å². The third-order valence-electron chi connectivity index (χ3n) is 4.98. The van der Waals surface area contributed by atoms with Gasteiger partial charge in [0.2, 0.25) is 0 Å². The van der Waals surface area contributed by atoms with Crippen LogP contribution >= 0.6 is 0 Å². The second-order valence-corrected chi connectivity index (χ2v) is 8.71. The summed E-state index contributed by atoms with van der Waals surface area (Å²) in [7, 11) is 1.67. The maximum atomic E-state index is 12.8. The highest BCUT2D eigenvalue weighted by atomic mass is 16.6. The Labute approximate surface area is 179 Å². The van der Waals surface area contributed by atoms with E-state index in [9.17, 15) is 9.59 Å². The molecular weight excluding hydrogens is 386 g/mol. The summed E-state index contributed by atoms with van der Waals surface area (Å²) in [6.45, 7) is 7.77. The van der Waals surface area contributed by atoms with Crippen LogP contribution in [0.25, 0.3) is 0 Å². The molecule has 1 heterocycles. The van der Waals surface area contributed by atoms with Crippen LogP contribution in [0.4, 0.5) is 4.79 Å². The summed E-state index contributed by atoms with van der Waals surface area (Å²) in [4.78, 5) is 24.9. The highest BCUT2D eigenvalue weighted by molar-refractivity contribution is 5.81. The topological polar surface area (TPSA) is 83.1 Å². The Morgan fingerprint density at radius 3 is 2.53 bits per heavy atom. The largest absolute Gasteiger partial charge is 0.486 e. The molecule has 1 fully saturated rings. The van der Waals surface area contributed by atoms with Gasteiger partial charge in [0.25, 0.3) is 0 Å². The van der Waals surface area contributed by atoms with E-state index in [0.29, 0.717) is 13.0 Å². The van der Waals surface area contributed by atoms with Gasteiger partial charge in [0.15, 0.2) is 0 Å². The molecule has 1 saturated heterocycles. The van der Waals surface area contributed by atoms with Gasteiger partial charge in [-0.15, -0.1) is 0 Å². The SMILES string of the molecule is COCCC1CCCC(NC(=O)OC(C)(C)C)C(=O)OC(C)C1Oc1ccccc1. The Morgan fingerprint density at radius 1 is 1.20 bits per heavy atom. The molecule has 7 nitrogen and oxygen atoms in total. The monoisotopic (exact) mass is 421 g/mol. The smallest absolute Gasteiger partial charge is 0.408 e. The highest BCUT2D eigenvalue weighted by Crippen LogP contribution is 2.28. The fraction of sp³-hybridized carbons (Fsp3) is 0.652. The average molecular weight is 422 g/mol. The van der Waals surface area contributed by atoms with Crippen LogP contribution in [0.1, 0.15) is 53.4 Å². The summed E-state index contributed by atoms with van der Waals surface area (Å²) in [6, 6.07) is 8.77. The Kier molecular flexibility index (Phi) is 8.96. The molecule has 1 aliphatic heterocycles. The van der Waals surface area contributed by atoms with Gasteiger partial charge >= 0.3 is 12.1 Å². The minimum absolute atomic E-state index is 0.147. The number of hydrogen-bond acceptors (Lipinski definition) is 6. The number of cyclic esters (lactones) is 1. The maximum Gasteiger partial charge on any atom is 0.408 e. The molecule has 0 spiro atoms. The molecule has 1 aromatic rings. The number of benzene rings is 1. The van der Waals surface area contributed by atoms with Crippen LogP contribution in [0.3, 0.4) is 0 Å². The van der Waals surface area contributed by atoms with E-state index in [1.807, 2.05) is 37.3 Å². The van der Waals surface area contributed by atoms with Crippen molar-refractivity contribution in [2.75, 3.05) is 13.7 Å². The molecule has 0 radical (unpaired) electrons. The van der Waals surface area contributed by atoms with Gasteiger partial charge in [-0.25, -0.2) is 9.59 Å². The van der Waals surface area contributed by atoms with Crippen molar-refractivity contribution < 1.29 is 28.5 Å². The molecule has 1 aliphatic rings. The Hall–Kier alpha value is -2.28. The third-order valence-corrected chi connectivity index (χ3v) is 4.98. The van der Waals surface area contributed by atoms with Crippen LogP contribution in [-0.2, 0) is 19.0 Å². The number of carbonyl (C=O) groups is 2. The standard InChI is InChI=1S/C23H35NO6/c1-16-20(29-18-11-7-6-8-12-18)17(14-15-27-5)10-9-13-19(21(25)28-16)24-22(26)30-23(2,3)4/h6-8,11-12,16-17,19-20H,9-10,13-15H2,1-5H3,(H,24,26). The first-order valence-corrected chi connectivity index (χ1v) is 10.6. The molecule has 168 valence electrons. The summed E-state index contributed by atoms with van der Waals surface area (Å²) in [5, 5.41) is 2.66. The average Bonchev–Trinajstić information content (AvgIpc) is 2.71. The van der Waals surface area contributed by atoms with Crippen LogP contribution < -0.4 is 10.1 Å². The van der Waals surface area contributed by atoms with Crippen molar-refractivity contribution in [1.82, 2.24) is 5.32 Å². The van der Waals surface area contributed by atoms with Gasteiger partial charge < -0.3 is 24.3 Å². The lowest BCUT2D eigenvalue weighted by Gasteiger charge is -2.31. The van der Waals surface area contributed by atoms with Gasteiger partial charge in [-0.05, 0) is 59.1 Å². The first kappa shape index (κ1) is 24.0. The van der Waals surface area contributed by atoms with E-state index in [0.717, 1.165) is 25.0 Å². The van der Waals surface area contributed by atoms with Crippen molar-refractivity contribution in [3.63, 3.8) is 0 Å². The first-order valence-electron chi connectivity index (χ1n) is 10.6. The van der Waals surface area contributed by atoms with Gasteiger partial charge in [0.1, 0.15) is 29.6 Å². The van der Waals surface area contributed by atoms with Crippen LogP contribution in [0.5, 0.6) is 5.75 Å². The Balaban J connectivity index is 2.14. The van der Waals surface area contributed by atoms with Crippen LogP contribution in [0, 0.1) is 5.92 Å². The molecule has 4 atom stereocenters. The van der Waals surface area contributed by atoms with E-state index < -0.39 is 29.8 Å². The van der Waals surface area contributed by atoms with Crippen LogP contribution in [-0.4, -0.2) is 49.6 Å². The van der Waals surface area contributed by atoms with E-state index in [1.54, 1.807) is 27.9 Å².